The summed E-state index contributed by atoms with van der Waals surface area (Å²) in [5.74, 6) is 1.08. The second-order valence-electron chi connectivity index (χ2n) is 3.63. The van der Waals surface area contributed by atoms with E-state index in [4.69, 9.17) is 0 Å². The minimum Gasteiger partial charge on any atom is -0.0988 e. The lowest BCUT2D eigenvalue weighted by Gasteiger charge is -2.15. The van der Waals surface area contributed by atoms with Crippen molar-refractivity contribution in [3.63, 3.8) is 0 Å². The summed E-state index contributed by atoms with van der Waals surface area (Å²) in [5, 5.41) is 0. The van der Waals surface area contributed by atoms with E-state index in [1.807, 2.05) is 26.0 Å². The molecule has 82 valence electrons. The zero-order chi connectivity index (χ0) is 11.7. The molecule has 0 atom stereocenters. The van der Waals surface area contributed by atoms with Crippen molar-refractivity contribution >= 4 is 0 Å². The Balaban J connectivity index is 0. The topological polar surface area (TPSA) is 0 Å². The van der Waals surface area contributed by atoms with Crippen molar-refractivity contribution in [3.8, 4) is 0 Å². The van der Waals surface area contributed by atoms with E-state index in [0.29, 0.717) is 11.8 Å². The van der Waals surface area contributed by atoms with Crippen LogP contribution in [0.15, 0.2) is 36.5 Å². The van der Waals surface area contributed by atoms with Gasteiger partial charge < -0.3 is 0 Å². The molecule has 0 bridgehead atoms. The van der Waals surface area contributed by atoms with E-state index in [2.05, 4.69) is 40.9 Å². The molecule has 0 aromatic rings. The van der Waals surface area contributed by atoms with E-state index in [0.717, 1.165) is 0 Å². The van der Waals surface area contributed by atoms with E-state index < -0.39 is 0 Å². The Bertz CT molecular complexity index is 170. The smallest absolute Gasteiger partial charge is 0.0216 e. The average molecular weight is 194 g/mol. The Morgan fingerprint density at radius 2 is 1.00 bits per heavy atom. The number of rotatable bonds is 4. The molecule has 0 amide bonds. The monoisotopic (exact) mass is 194 g/mol. The first-order valence-corrected chi connectivity index (χ1v) is 5.53. The van der Waals surface area contributed by atoms with Crippen molar-refractivity contribution in [2.45, 2.75) is 41.5 Å². The lowest BCUT2D eigenvalue weighted by Crippen LogP contribution is -2.00. The molecule has 0 saturated carbocycles. The van der Waals surface area contributed by atoms with Crippen LogP contribution in [-0.4, -0.2) is 0 Å². The normalized spacial score (nSPS) is 11.7. The van der Waals surface area contributed by atoms with Gasteiger partial charge in [-0.15, -0.1) is 0 Å². The lowest BCUT2D eigenvalue weighted by molar-refractivity contribution is 0.723. The highest BCUT2D eigenvalue weighted by molar-refractivity contribution is 5.33. The third-order valence-corrected chi connectivity index (χ3v) is 2.02. The van der Waals surface area contributed by atoms with Crippen molar-refractivity contribution in [2.24, 2.45) is 11.8 Å². The van der Waals surface area contributed by atoms with Crippen molar-refractivity contribution in [2.75, 3.05) is 0 Å². The van der Waals surface area contributed by atoms with Gasteiger partial charge in [0.15, 0.2) is 0 Å². The Labute approximate surface area is 90.4 Å². The maximum Gasteiger partial charge on any atom is -0.0216 e. The Morgan fingerprint density at radius 1 is 0.786 bits per heavy atom. The summed E-state index contributed by atoms with van der Waals surface area (Å²) in [6, 6.07) is 0. The average Bonchev–Trinajstić information content (AvgIpc) is 2.15. The first-order chi connectivity index (χ1) is 6.54. The van der Waals surface area contributed by atoms with Crippen molar-refractivity contribution in [1.82, 2.24) is 0 Å². The van der Waals surface area contributed by atoms with Crippen LogP contribution in [0.2, 0.25) is 0 Å². The minimum atomic E-state index is 0.540. The van der Waals surface area contributed by atoms with Gasteiger partial charge >= 0.3 is 0 Å². The van der Waals surface area contributed by atoms with Crippen LogP contribution in [0.3, 0.4) is 0 Å². The fraction of sp³-hybridized carbons (Fsp3) is 0.571. The lowest BCUT2D eigenvalue weighted by atomic mass is 9.91. The third kappa shape index (κ3) is 5.06. The highest BCUT2D eigenvalue weighted by Gasteiger charge is 2.07. The second kappa shape index (κ2) is 8.80. The highest BCUT2D eigenvalue weighted by Crippen LogP contribution is 2.22. The van der Waals surface area contributed by atoms with Gasteiger partial charge in [-0.1, -0.05) is 66.9 Å². The molecular formula is C14H26. The van der Waals surface area contributed by atoms with E-state index in [1.165, 1.54) is 11.1 Å². The van der Waals surface area contributed by atoms with Gasteiger partial charge in [0.25, 0.3) is 0 Å². The SMILES string of the molecule is C=C/C(=C(\C=C)C(C)C)C(C)C.CC. The molecule has 0 rings (SSSR count). The molecule has 0 radical (unpaired) electrons. The zero-order valence-corrected chi connectivity index (χ0v) is 10.7. The van der Waals surface area contributed by atoms with Gasteiger partial charge in [0.05, 0.1) is 0 Å². The Hall–Kier alpha value is -0.780. The van der Waals surface area contributed by atoms with E-state index >= 15 is 0 Å². The van der Waals surface area contributed by atoms with Crippen molar-refractivity contribution < 1.29 is 0 Å². The molecule has 0 aliphatic rings. The summed E-state index contributed by atoms with van der Waals surface area (Å²) in [7, 11) is 0. The summed E-state index contributed by atoms with van der Waals surface area (Å²) in [6.07, 6.45) is 3.89. The largest absolute Gasteiger partial charge is 0.0988 e. The molecule has 0 aromatic carbocycles. The fourth-order valence-electron chi connectivity index (χ4n) is 1.37. The van der Waals surface area contributed by atoms with Gasteiger partial charge in [-0.3, -0.25) is 0 Å². The molecule has 0 nitrogen and oxygen atoms in total. The summed E-state index contributed by atoms with van der Waals surface area (Å²) in [6.45, 7) is 20.4. The fourth-order valence-corrected chi connectivity index (χ4v) is 1.37. The van der Waals surface area contributed by atoms with Gasteiger partial charge in [0, 0.05) is 0 Å². The van der Waals surface area contributed by atoms with Gasteiger partial charge in [-0.2, -0.15) is 0 Å². The number of allylic oxidation sites excluding steroid dienone is 4. The van der Waals surface area contributed by atoms with Crippen LogP contribution in [0.5, 0.6) is 0 Å². The van der Waals surface area contributed by atoms with Crippen LogP contribution in [-0.2, 0) is 0 Å². The summed E-state index contributed by atoms with van der Waals surface area (Å²) >= 11 is 0. The molecule has 0 aliphatic carbocycles. The molecule has 0 N–H and O–H groups in total. The summed E-state index contributed by atoms with van der Waals surface area (Å²) in [5.41, 5.74) is 2.64. The van der Waals surface area contributed by atoms with Crippen LogP contribution in [0.25, 0.3) is 0 Å². The maximum atomic E-state index is 3.83. The van der Waals surface area contributed by atoms with Crippen molar-refractivity contribution in [1.29, 1.82) is 0 Å². The van der Waals surface area contributed by atoms with E-state index in [1.54, 1.807) is 0 Å². The molecule has 14 heavy (non-hydrogen) atoms. The molecule has 0 aliphatic heterocycles. The zero-order valence-electron chi connectivity index (χ0n) is 10.7. The summed E-state index contributed by atoms with van der Waals surface area (Å²) in [4.78, 5) is 0. The highest BCUT2D eigenvalue weighted by atomic mass is 14.1. The van der Waals surface area contributed by atoms with Gasteiger partial charge in [0.1, 0.15) is 0 Å². The molecular weight excluding hydrogens is 168 g/mol. The van der Waals surface area contributed by atoms with Crippen molar-refractivity contribution in [3.05, 3.63) is 36.5 Å². The molecule has 0 heteroatoms. The standard InChI is InChI=1S/C12H20.C2H6/c1-7-11(9(3)4)12(8-2)10(5)6;1-2/h7-10H,1-2H2,3-6H3;1-2H3/b12-11-;. The Morgan fingerprint density at radius 3 is 1.07 bits per heavy atom. The molecule has 0 spiro atoms. The van der Waals surface area contributed by atoms with Crippen LogP contribution < -0.4 is 0 Å². The third-order valence-electron chi connectivity index (χ3n) is 2.02. The van der Waals surface area contributed by atoms with Crippen LogP contribution in [0, 0.1) is 11.8 Å². The number of hydrogen-bond acceptors (Lipinski definition) is 0. The van der Waals surface area contributed by atoms with Gasteiger partial charge in [0.2, 0.25) is 0 Å². The maximum absolute atomic E-state index is 3.83. The van der Waals surface area contributed by atoms with Crippen LogP contribution >= 0.6 is 0 Å². The predicted octanol–water partition coefficient (Wildman–Crippen LogP) is 4.99. The Kier molecular flexibility index (Phi) is 9.86. The molecule has 0 saturated heterocycles. The molecule has 0 unspecified atom stereocenters. The molecule has 0 aromatic heterocycles. The molecule has 0 fully saturated rings. The van der Waals surface area contributed by atoms with Gasteiger partial charge in [-0.25, -0.2) is 0 Å². The molecule has 0 heterocycles. The van der Waals surface area contributed by atoms with E-state index in [-0.39, 0.29) is 0 Å². The van der Waals surface area contributed by atoms with E-state index in [9.17, 15) is 0 Å². The summed E-state index contributed by atoms with van der Waals surface area (Å²) < 4.78 is 0. The first-order valence-electron chi connectivity index (χ1n) is 5.53. The minimum absolute atomic E-state index is 0.540. The van der Waals surface area contributed by atoms with Gasteiger partial charge in [-0.05, 0) is 23.0 Å². The van der Waals surface area contributed by atoms with Crippen LogP contribution in [0.4, 0.5) is 0 Å². The first kappa shape index (κ1) is 15.7. The number of hydrogen-bond donors (Lipinski definition) is 0. The quantitative estimate of drug-likeness (QED) is 0.553. The second-order valence-corrected chi connectivity index (χ2v) is 3.63. The predicted molar refractivity (Wildman–Crippen MR) is 68.4 cm³/mol. The van der Waals surface area contributed by atoms with Crippen LogP contribution in [0.1, 0.15) is 41.5 Å².